The summed E-state index contributed by atoms with van der Waals surface area (Å²) in [6, 6.07) is 0. The van der Waals surface area contributed by atoms with Crippen molar-refractivity contribution in [1.82, 2.24) is 0 Å². The first-order valence-corrected chi connectivity index (χ1v) is 33.6. The highest BCUT2D eigenvalue weighted by atomic mass is 16.6. The van der Waals surface area contributed by atoms with Gasteiger partial charge in [-0.1, -0.05) is 281 Å². The Balaban J connectivity index is 4.33. The molecule has 0 fully saturated rings. The van der Waals surface area contributed by atoms with Gasteiger partial charge in [0.1, 0.15) is 13.2 Å². The van der Waals surface area contributed by atoms with Crippen LogP contribution in [0.25, 0.3) is 0 Å². The molecule has 0 amide bonds. The molecule has 83 heavy (non-hydrogen) atoms. The quantitative estimate of drug-likeness (QED) is 0.0261. The minimum absolute atomic E-state index is 0.104. The van der Waals surface area contributed by atoms with Crippen LogP contribution in [0.15, 0.2) is 170 Å². The van der Waals surface area contributed by atoms with E-state index in [0.29, 0.717) is 19.3 Å². The number of rotatable bonds is 59. The van der Waals surface area contributed by atoms with Gasteiger partial charge in [-0.25, -0.2) is 0 Å². The van der Waals surface area contributed by atoms with Crippen molar-refractivity contribution < 1.29 is 28.6 Å². The smallest absolute Gasteiger partial charge is 0.306 e. The molecule has 0 aliphatic carbocycles. The number of hydrogen-bond acceptors (Lipinski definition) is 6. The molecule has 0 saturated carbocycles. The van der Waals surface area contributed by atoms with Crippen molar-refractivity contribution in [3.05, 3.63) is 170 Å². The zero-order valence-corrected chi connectivity index (χ0v) is 53.4. The van der Waals surface area contributed by atoms with Gasteiger partial charge in [0, 0.05) is 19.3 Å². The minimum atomic E-state index is -0.812. The Labute approximate surface area is 511 Å². The zero-order valence-electron chi connectivity index (χ0n) is 53.4. The summed E-state index contributed by atoms with van der Waals surface area (Å²) >= 11 is 0. The van der Waals surface area contributed by atoms with E-state index in [2.05, 4.69) is 191 Å². The van der Waals surface area contributed by atoms with Crippen molar-refractivity contribution in [2.45, 2.75) is 284 Å². The van der Waals surface area contributed by atoms with Crippen LogP contribution in [0.5, 0.6) is 0 Å². The maximum atomic E-state index is 12.9. The number of allylic oxidation sites excluding steroid dienone is 28. The lowest BCUT2D eigenvalue weighted by Gasteiger charge is -2.18. The van der Waals surface area contributed by atoms with Gasteiger partial charge < -0.3 is 14.2 Å². The number of esters is 3. The van der Waals surface area contributed by atoms with E-state index in [0.717, 1.165) is 167 Å². The van der Waals surface area contributed by atoms with Crippen LogP contribution >= 0.6 is 0 Å². The maximum Gasteiger partial charge on any atom is 0.306 e. The van der Waals surface area contributed by atoms with Crippen LogP contribution in [0.2, 0.25) is 0 Å². The number of carbonyl (C=O) groups excluding carboxylic acids is 3. The number of ether oxygens (including phenoxy) is 3. The molecular formula is C77H122O6. The van der Waals surface area contributed by atoms with E-state index in [1.54, 1.807) is 0 Å². The highest BCUT2D eigenvalue weighted by Crippen LogP contribution is 2.15. The topological polar surface area (TPSA) is 78.9 Å². The van der Waals surface area contributed by atoms with Gasteiger partial charge >= 0.3 is 17.9 Å². The summed E-state index contributed by atoms with van der Waals surface area (Å²) in [7, 11) is 0. The normalized spacial score (nSPS) is 13.2. The Kier molecular flexibility index (Phi) is 64.9. The van der Waals surface area contributed by atoms with E-state index < -0.39 is 6.10 Å². The average Bonchev–Trinajstić information content (AvgIpc) is 3.49. The molecule has 0 saturated heterocycles. The lowest BCUT2D eigenvalue weighted by molar-refractivity contribution is -0.167. The van der Waals surface area contributed by atoms with Gasteiger partial charge in [0.25, 0.3) is 0 Å². The predicted octanol–water partition coefficient (Wildman–Crippen LogP) is 23.4. The molecule has 1 atom stereocenters. The Morgan fingerprint density at radius 2 is 0.470 bits per heavy atom. The maximum absolute atomic E-state index is 12.9. The van der Waals surface area contributed by atoms with E-state index in [4.69, 9.17) is 14.2 Å². The molecule has 0 spiro atoms. The molecular weight excluding hydrogens is 1020 g/mol. The standard InChI is InChI=1S/C77H122O6/c1-4-7-10-13-16-19-22-25-27-29-31-32-33-34-35-36-37-38-39-40-41-42-43-44-46-47-49-52-55-58-61-64-67-70-76(79)82-73-74(72-81-75(78)69-66-63-60-57-54-51-24-21-18-15-12-9-6-3)83-77(80)71-68-65-62-59-56-53-50-48-45-30-28-26-23-20-17-14-11-8-5-2/h7-8,10-12,15-17,19-21,24-28,31-32,34-35,37-38,40-41,45,48,53,56,74H,4-6,9,13-14,18,22-23,29-30,33,36,39,42-44,46-47,49-52,54-55,57-73H2,1-3H3/b10-7-,11-8-,15-12-,19-16-,20-17-,24-21-,27-25-,28-26-,32-31-,35-34-,38-37-,41-40-,48-45-,56-53-. The van der Waals surface area contributed by atoms with Gasteiger partial charge in [-0.2, -0.15) is 0 Å². The summed E-state index contributed by atoms with van der Waals surface area (Å²) in [6.45, 7) is 6.30. The Morgan fingerprint density at radius 1 is 0.253 bits per heavy atom. The third-order valence-electron chi connectivity index (χ3n) is 13.7. The second-order valence-corrected chi connectivity index (χ2v) is 21.6. The molecule has 0 bridgehead atoms. The third-order valence-corrected chi connectivity index (χ3v) is 13.7. The van der Waals surface area contributed by atoms with Crippen LogP contribution in [-0.4, -0.2) is 37.2 Å². The van der Waals surface area contributed by atoms with Crippen LogP contribution < -0.4 is 0 Å². The van der Waals surface area contributed by atoms with Gasteiger partial charge in [-0.15, -0.1) is 0 Å². The molecule has 6 nitrogen and oxygen atoms in total. The van der Waals surface area contributed by atoms with Crippen LogP contribution in [0.1, 0.15) is 278 Å². The van der Waals surface area contributed by atoms with Crippen molar-refractivity contribution in [1.29, 1.82) is 0 Å². The van der Waals surface area contributed by atoms with Crippen LogP contribution in [0.4, 0.5) is 0 Å². The van der Waals surface area contributed by atoms with E-state index in [1.165, 1.54) is 64.2 Å². The molecule has 6 heteroatoms. The van der Waals surface area contributed by atoms with Gasteiger partial charge in [0.15, 0.2) is 6.10 Å². The van der Waals surface area contributed by atoms with Crippen molar-refractivity contribution >= 4 is 17.9 Å². The molecule has 1 unspecified atom stereocenters. The third kappa shape index (κ3) is 67.4. The summed E-state index contributed by atoms with van der Waals surface area (Å²) in [6.07, 6.45) is 102. The minimum Gasteiger partial charge on any atom is -0.462 e. The van der Waals surface area contributed by atoms with Gasteiger partial charge in [-0.3, -0.25) is 14.4 Å². The van der Waals surface area contributed by atoms with E-state index in [-0.39, 0.29) is 37.5 Å². The van der Waals surface area contributed by atoms with Gasteiger partial charge in [-0.05, 0) is 148 Å². The largest absolute Gasteiger partial charge is 0.462 e. The SMILES string of the molecule is CC/C=C\C/C=C\C/C=C\C/C=C\C/C=C\C/C=C\C/C=C\CCCCCCCCCCCCCC(=O)OCC(COC(=O)CCCCCCC/C=C\C/C=C\CCC)OC(=O)CCCCC/C=C\C/C=C\C/C=C\C/C=C\C/C=C\CC. The fourth-order valence-corrected chi connectivity index (χ4v) is 8.72. The van der Waals surface area contributed by atoms with Gasteiger partial charge in [0.05, 0.1) is 0 Å². The summed E-state index contributed by atoms with van der Waals surface area (Å²) < 4.78 is 16.9. The molecule has 0 aliphatic rings. The molecule has 0 aromatic rings. The van der Waals surface area contributed by atoms with E-state index >= 15 is 0 Å². The van der Waals surface area contributed by atoms with Gasteiger partial charge in [0.2, 0.25) is 0 Å². The number of unbranched alkanes of at least 4 members (excludes halogenated alkanes) is 20. The molecule has 0 aliphatic heterocycles. The monoisotopic (exact) mass is 1140 g/mol. The molecule has 0 aromatic heterocycles. The fourth-order valence-electron chi connectivity index (χ4n) is 8.72. The Hall–Kier alpha value is -5.23. The number of carbonyl (C=O) groups is 3. The summed E-state index contributed by atoms with van der Waals surface area (Å²) in [5.74, 6) is -0.956. The first-order chi connectivity index (χ1) is 41.0. The molecule has 0 aromatic carbocycles. The first-order valence-electron chi connectivity index (χ1n) is 33.6. The van der Waals surface area contributed by atoms with Crippen molar-refractivity contribution in [3.63, 3.8) is 0 Å². The summed E-state index contributed by atoms with van der Waals surface area (Å²) in [5, 5.41) is 0. The fraction of sp³-hybridized carbons (Fsp3) is 0.597. The number of hydrogen-bond donors (Lipinski definition) is 0. The van der Waals surface area contributed by atoms with Crippen molar-refractivity contribution in [2.75, 3.05) is 13.2 Å². The predicted molar refractivity (Wildman–Crippen MR) is 361 cm³/mol. The second kappa shape index (κ2) is 69.3. The molecule has 0 N–H and O–H groups in total. The molecule has 0 radical (unpaired) electrons. The van der Waals surface area contributed by atoms with E-state index in [9.17, 15) is 14.4 Å². The Morgan fingerprint density at radius 3 is 0.747 bits per heavy atom. The van der Waals surface area contributed by atoms with Crippen LogP contribution in [-0.2, 0) is 28.6 Å². The summed E-state index contributed by atoms with van der Waals surface area (Å²) in [5.41, 5.74) is 0. The molecule has 466 valence electrons. The molecule has 0 rings (SSSR count). The Bertz CT molecular complexity index is 1890. The highest BCUT2D eigenvalue weighted by Gasteiger charge is 2.19. The second-order valence-electron chi connectivity index (χ2n) is 21.6. The first kappa shape index (κ1) is 77.8. The van der Waals surface area contributed by atoms with Crippen molar-refractivity contribution in [3.8, 4) is 0 Å². The van der Waals surface area contributed by atoms with Crippen molar-refractivity contribution in [2.24, 2.45) is 0 Å². The summed E-state index contributed by atoms with van der Waals surface area (Å²) in [4.78, 5) is 38.3. The lowest BCUT2D eigenvalue weighted by Crippen LogP contribution is -2.30. The zero-order chi connectivity index (χ0) is 59.9. The van der Waals surface area contributed by atoms with E-state index in [1.807, 2.05) is 0 Å². The lowest BCUT2D eigenvalue weighted by atomic mass is 10.0. The highest BCUT2D eigenvalue weighted by molar-refractivity contribution is 5.71. The molecule has 0 heterocycles. The average molecular weight is 1140 g/mol. The van der Waals surface area contributed by atoms with Crippen LogP contribution in [0, 0.1) is 0 Å². The van der Waals surface area contributed by atoms with Crippen LogP contribution in [0.3, 0.4) is 0 Å².